The molecule has 0 bridgehead atoms. The zero-order chi connectivity index (χ0) is 23.3. The molecule has 2 rings (SSSR count). The fourth-order valence-corrected chi connectivity index (χ4v) is 1.02. The summed E-state index contributed by atoms with van der Waals surface area (Å²) in [6.07, 6.45) is 13.4. The minimum absolute atomic E-state index is 0.0532. The van der Waals surface area contributed by atoms with E-state index < -0.39 is 0 Å². The quantitative estimate of drug-likeness (QED) is 0.115. The molecule has 0 fully saturated rings. The van der Waals surface area contributed by atoms with Crippen LogP contribution in [0.25, 0.3) is 10.4 Å². The Morgan fingerprint density at radius 2 is 1.43 bits per heavy atom. The van der Waals surface area contributed by atoms with Crippen LogP contribution in [0.2, 0.25) is 0 Å². The standard InChI is InChI=1S/3C5H5NO.C4H5N3.CO/c2*7-5-3-1-2-4-6-5;1-2-3-4-6-5-7;1-2-3-4-6-7-5;1-2/h2*1-4H,(H,6,7);2*2-4H,1H2;/b;;2*4-3-;/i;;;;1-1. The Bertz CT molecular complexity index is 864. The van der Waals surface area contributed by atoms with E-state index in [4.69, 9.17) is 10.2 Å². The van der Waals surface area contributed by atoms with Gasteiger partial charge in [0.15, 0.2) is 0 Å². The number of aromatic nitrogens is 2. The summed E-state index contributed by atoms with van der Waals surface area (Å²) in [6.45, 7) is 11.2. The number of aliphatic imine (C=N–C) groups is 1. The topological polar surface area (TPSA) is 164 Å². The van der Waals surface area contributed by atoms with Crippen molar-refractivity contribution >= 4 is 6.08 Å². The molecule has 0 aliphatic carbocycles. The van der Waals surface area contributed by atoms with Crippen molar-refractivity contribution in [1.82, 2.24) is 9.97 Å². The molecule has 0 radical (unpaired) electrons. The molecule has 0 aliphatic rings. The van der Waals surface area contributed by atoms with Crippen molar-refractivity contribution < 1.29 is 9.45 Å². The van der Waals surface area contributed by atoms with Crippen LogP contribution in [-0.2, 0) is 9.45 Å². The third-order valence-electron chi connectivity index (χ3n) is 2.05. The Labute approximate surface area is 172 Å². The second kappa shape index (κ2) is 29.1. The number of azide groups is 1. The van der Waals surface area contributed by atoms with Gasteiger partial charge in [-0.1, -0.05) is 48.6 Å². The Hall–Kier alpha value is -4.71. The molecule has 30 heavy (non-hydrogen) atoms. The van der Waals surface area contributed by atoms with Gasteiger partial charge >= 0.3 is 11.3 Å². The summed E-state index contributed by atoms with van der Waals surface area (Å²) < 4.78 is 7.50. The second-order valence-electron chi connectivity index (χ2n) is 4.03. The Morgan fingerprint density at radius 1 is 0.967 bits per heavy atom. The minimum atomic E-state index is -0.0532. The average Bonchev–Trinajstić information content (AvgIpc) is 2.78. The SMILES string of the molecule is C=C/C=C\N=C=O.C=C/C=C\N=[N+]=[N-].O=c1cccc[nH]1.O=c1cccc[nH]1.[11C-]#[O+]. The fourth-order valence-electron chi connectivity index (χ4n) is 1.02. The Morgan fingerprint density at radius 3 is 1.70 bits per heavy atom. The van der Waals surface area contributed by atoms with Gasteiger partial charge in [0.2, 0.25) is 17.2 Å². The monoisotopic (exact) mass is 407 g/mol. The van der Waals surface area contributed by atoms with Crippen LogP contribution in [0.4, 0.5) is 0 Å². The number of isocyanates is 1. The molecule has 0 saturated carbocycles. The van der Waals surface area contributed by atoms with E-state index in [1.165, 1.54) is 42.8 Å². The number of hydrogen-bond donors (Lipinski definition) is 2. The summed E-state index contributed by atoms with van der Waals surface area (Å²) in [7, 11) is 0. The number of aromatic amines is 2. The Balaban J connectivity index is -0.000000315. The van der Waals surface area contributed by atoms with Gasteiger partial charge in [0.1, 0.15) is 0 Å². The summed E-state index contributed by atoms with van der Waals surface area (Å²) >= 11 is 0. The van der Waals surface area contributed by atoms with Gasteiger partial charge < -0.3 is 9.97 Å². The number of pyridine rings is 2. The number of nitrogens with zero attached hydrogens (tertiary/aromatic N) is 4. The molecule has 0 spiro atoms. The van der Waals surface area contributed by atoms with E-state index in [0.717, 1.165) is 0 Å². The summed E-state index contributed by atoms with van der Waals surface area (Å²) in [6, 6.07) is 9.86. The number of hydrogen-bond acceptors (Lipinski definition) is 5. The molecule has 154 valence electrons. The third kappa shape index (κ3) is 31.1. The van der Waals surface area contributed by atoms with Crippen LogP contribution in [0.5, 0.6) is 0 Å². The van der Waals surface area contributed by atoms with Crippen LogP contribution in [0.3, 0.4) is 0 Å². The number of H-pyrrole nitrogens is 2. The number of nitrogens with one attached hydrogen (secondary N) is 2. The summed E-state index contributed by atoms with van der Waals surface area (Å²) in [4.78, 5) is 40.2. The molecule has 2 aromatic rings. The van der Waals surface area contributed by atoms with Gasteiger partial charge in [-0.15, -0.1) is 0 Å². The van der Waals surface area contributed by atoms with Crippen molar-refractivity contribution in [3.63, 3.8) is 0 Å². The van der Waals surface area contributed by atoms with E-state index in [2.05, 4.69) is 44.8 Å². The van der Waals surface area contributed by atoms with Gasteiger partial charge in [0.05, 0.1) is 0 Å². The normalized spacial score (nSPS) is 7.80. The van der Waals surface area contributed by atoms with Gasteiger partial charge in [-0.3, -0.25) is 9.59 Å². The van der Waals surface area contributed by atoms with Crippen LogP contribution < -0.4 is 11.1 Å². The van der Waals surface area contributed by atoms with Crippen LogP contribution in [-0.4, -0.2) is 16.0 Å². The van der Waals surface area contributed by atoms with Crippen molar-refractivity contribution in [3.05, 3.63) is 136 Å². The first-order valence-electron chi connectivity index (χ1n) is 7.76. The molecular formula is C20H20N6O4. The summed E-state index contributed by atoms with van der Waals surface area (Å²) in [5.74, 6) is 0. The first-order valence-corrected chi connectivity index (χ1v) is 7.76. The average molecular weight is 407 g/mol. The van der Waals surface area contributed by atoms with Crippen molar-refractivity contribution in [3.8, 4) is 0 Å². The zero-order valence-electron chi connectivity index (χ0n) is 15.9. The van der Waals surface area contributed by atoms with E-state index in [9.17, 15) is 14.4 Å². The molecule has 0 atom stereocenters. The fraction of sp³-hybridized carbons (Fsp3) is 0. The molecule has 0 unspecified atom stereocenters. The van der Waals surface area contributed by atoms with Gasteiger partial charge in [-0.05, 0) is 23.7 Å². The van der Waals surface area contributed by atoms with Crippen molar-refractivity contribution in [2.75, 3.05) is 0 Å². The molecule has 0 saturated heterocycles. The van der Waals surface area contributed by atoms with Gasteiger partial charge in [-0.25, -0.2) is 4.79 Å². The molecule has 0 aromatic carbocycles. The van der Waals surface area contributed by atoms with Crippen molar-refractivity contribution in [2.45, 2.75) is 0 Å². The van der Waals surface area contributed by atoms with E-state index >= 15 is 0 Å². The first kappa shape index (κ1) is 30.0. The van der Waals surface area contributed by atoms with Crippen LogP contribution in [0, 0.1) is 6.65 Å². The molecule has 2 heterocycles. The van der Waals surface area contributed by atoms with Crippen molar-refractivity contribution in [1.29, 1.82) is 0 Å². The molecular weight excluding hydrogens is 387 g/mol. The molecule has 10 nitrogen and oxygen atoms in total. The zero-order valence-corrected chi connectivity index (χ0v) is 15.9. The van der Waals surface area contributed by atoms with E-state index in [1.807, 2.05) is 0 Å². The van der Waals surface area contributed by atoms with Gasteiger partial charge in [0.25, 0.3) is 0 Å². The number of allylic oxidation sites excluding steroid dienone is 4. The second-order valence-corrected chi connectivity index (χ2v) is 4.03. The van der Waals surface area contributed by atoms with E-state index in [-0.39, 0.29) is 11.1 Å². The summed E-state index contributed by atoms with van der Waals surface area (Å²) in [5.41, 5.74) is 7.56. The van der Waals surface area contributed by atoms with Crippen LogP contribution in [0.1, 0.15) is 0 Å². The molecule has 10 heteroatoms. The summed E-state index contributed by atoms with van der Waals surface area (Å²) in [5, 5.41) is 3.09. The van der Waals surface area contributed by atoms with E-state index in [1.54, 1.807) is 48.8 Å². The molecule has 2 N–H and O–H groups in total. The van der Waals surface area contributed by atoms with Gasteiger partial charge in [-0.2, -0.15) is 4.99 Å². The number of rotatable bonds is 4. The first-order chi connectivity index (χ1) is 14.6. The van der Waals surface area contributed by atoms with Crippen LogP contribution in [0.15, 0.2) is 118 Å². The maximum absolute atomic E-state index is 10.2. The molecule has 0 amide bonds. The van der Waals surface area contributed by atoms with E-state index in [0.29, 0.717) is 0 Å². The predicted molar refractivity (Wildman–Crippen MR) is 114 cm³/mol. The molecule has 0 aliphatic heterocycles. The van der Waals surface area contributed by atoms with Crippen LogP contribution >= 0.6 is 0 Å². The molecule has 2 aromatic heterocycles. The maximum atomic E-state index is 10.2. The number of carbonyl (C=O) groups excluding carboxylic acids is 1. The van der Waals surface area contributed by atoms with Crippen molar-refractivity contribution in [2.24, 2.45) is 10.1 Å². The predicted octanol–water partition coefficient (Wildman–Crippen LogP) is 3.73. The van der Waals surface area contributed by atoms with Gasteiger partial charge in [0, 0.05) is 41.8 Å². The Kier molecular flexibility index (Phi) is 29.1. The third-order valence-corrected chi connectivity index (χ3v) is 2.05.